The molecule has 1 saturated heterocycles. The number of anilines is 2. The maximum atomic E-state index is 13.4. The minimum Gasteiger partial charge on any atom is -0.396 e. The summed E-state index contributed by atoms with van der Waals surface area (Å²) in [5.41, 5.74) is 4.98. The number of carbonyl (C=O) groups excluding carboxylic acids is 1. The van der Waals surface area contributed by atoms with Crippen LogP contribution in [0, 0.1) is 11.6 Å². The van der Waals surface area contributed by atoms with Gasteiger partial charge in [-0.2, -0.15) is 0 Å². The van der Waals surface area contributed by atoms with E-state index in [2.05, 4.69) is 5.32 Å². The van der Waals surface area contributed by atoms with Gasteiger partial charge in [-0.05, 0) is 25.3 Å². The molecule has 3 N–H and O–H groups in total. The van der Waals surface area contributed by atoms with Crippen molar-refractivity contribution in [3.05, 3.63) is 23.8 Å². The Morgan fingerprint density at radius 2 is 2.11 bits per heavy atom. The summed E-state index contributed by atoms with van der Waals surface area (Å²) in [6.45, 7) is 0.520. The van der Waals surface area contributed by atoms with Gasteiger partial charge in [-0.1, -0.05) is 0 Å². The largest absolute Gasteiger partial charge is 0.396 e. The number of nitrogen functional groups attached to an aromatic ring is 1. The first-order valence-electron chi connectivity index (χ1n) is 5.75. The van der Waals surface area contributed by atoms with Crippen molar-refractivity contribution in [3.8, 4) is 0 Å². The van der Waals surface area contributed by atoms with E-state index in [0.717, 1.165) is 18.9 Å². The molecule has 0 aliphatic carbocycles. The van der Waals surface area contributed by atoms with E-state index in [1.54, 1.807) is 0 Å². The molecule has 1 aliphatic rings. The summed E-state index contributed by atoms with van der Waals surface area (Å²) in [5.74, 6) is -2.13. The first-order valence-corrected chi connectivity index (χ1v) is 5.75. The van der Waals surface area contributed by atoms with E-state index >= 15 is 0 Å². The minimum absolute atomic E-state index is 0.131. The second-order valence-electron chi connectivity index (χ2n) is 4.20. The normalized spacial score (nSPS) is 19.6. The lowest BCUT2D eigenvalue weighted by atomic mass is 10.1. The Balaban J connectivity index is 2.08. The minimum atomic E-state index is -0.856. The Hall–Kier alpha value is -1.69. The maximum absolute atomic E-state index is 13.4. The predicted molar refractivity (Wildman–Crippen MR) is 63.0 cm³/mol. The molecule has 98 valence electrons. The fourth-order valence-electron chi connectivity index (χ4n) is 1.82. The summed E-state index contributed by atoms with van der Waals surface area (Å²) >= 11 is 0. The van der Waals surface area contributed by atoms with Crippen molar-refractivity contribution in [3.63, 3.8) is 0 Å². The SMILES string of the molecule is Nc1cc(NC(=O)C2CCCCO2)c(F)cc1F. The molecule has 0 saturated carbocycles. The molecule has 1 fully saturated rings. The van der Waals surface area contributed by atoms with E-state index in [1.807, 2.05) is 0 Å². The summed E-state index contributed by atoms with van der Waals surface area (Å²) in [4.78, 5) is 11.8. The zero-order valence-corrected chi connectivity index (χ0v) is 9.71. The van der Waals surface area contributed by atoms with Crippen LogP contribution in [-0.4, -0.2) is 18.6 Å². The molecule has 6 heteroatoms. The smallest absolute Gasteiger partial charge is 0.253 e. The summed E-state index contributed by atoms with van der Waals surface area (Å²) < 4.78 is 31.6. The van der Waals surface area contributed by atoms with Crippen molar-refractivity contribution < 1.29 is 18.3 Å². The second-order valence-corrected chi connectivity index (χ2v) is 4.20. The zero-order valence-electron chi connectivity index (χ0n) is 9.71. The van der Waals surface area contributed by atoms with Crippen LogP contribution in [0.4, 0.5) is 20.2 Å². The highest BCUT2D eigenvalue weighted by Crippen LogP contribution is 2.22. The van der Waals surface area contributed by atoms with Crippen LogP contribution in [0.15, 0.2) is 12.1 Å². The average molecular weight is 256 g/mol. The van der Waals surface area contributed by atoms with Gasteiger partial charge < -0.3 is 15.8 Å². The number of nitrogens with one attached hydrogen (secondary N) is 1. The highest BCUT2D eigenvalue weighted by atomic mass is 19.1. The van der Waals surface area contributed by atoms with Gasteiger partial charge in [-0.3, -0.25) is 4.79 Å². The monoisotopic (exact) mass is 256 g/mol. The molecule has 18 heavy (non-hydrogen) atoms. The first-order chi connectivity index (χ1) is 8.58. The van der Waals surface area contributed by atoms with E-state index in [0.29, 0.717) is 19.1 Å². The van der Waals surface area contributed by atoms with Gasteiger partial charge in [0, 0.05) is 12.7 Å². The third kappa shape index (κ3) is 2.76. The third-order valence-electron chi connectivity index (χ3n) is 2.82. The van der Waals surface area contributed by atoms with E-state index in [4.69, 9.17) is 10.5 Å². The van der Waals surface area contributed by atoms with Gasteiger partial charge in [0.05, 0.1) is 11.4 Å². The number of hydrogen-bond acceptors (Lipinski definition) is 3. The number of rotatable bonds is 2. The zero-order chi connectivity index (χ0) is 13.1. The predicted octanol–water partition coefficient (Wildman–Crippen LogP) is 2.05. The van der Waals surface area contributed by atoms with Gasteiger partial charge in [-0.25, -0.2) is 8.78 Å². The maximum Gasteiger partial charge on any atom is 0.253 e. The standard InChI is InChI=1S/C12H14F2N2O2/c13-7-5-8(14)10(6-9(7)15)16-12(17)11-3-1-2-4-18-11/h5-6,11H,1-4,15H2,(H,16,17). The highest BCUT2D eigenvalue weighted by Gasteiger charge is 2.23. The van der Waals surface area contributed by atoms with Crippen molar-refractivity contribution in [2.45, 2.75) is 25.4 Å². The van der Waals surface area contributed by atoms with Crippen LogP contribution in [0.3, 0.4) is 0 Å². The molecule has 2 rings (SSSR count). The van der Waals surface area contributed by atoms with Gasteiger partial charge in [-0.15, -0.1) is 0 Å². The summed E-state index contributed by atoms with van der Waals surface area (Å²) in [6, 6.07) is 1.71. The fraction of sp³-hybridized carbons (Fsp3) is 0.417. The van der Waals surface area contributed by atoms with Crippen LogP contribution in [0.25, 0.3) is 0 Å². The molecular formula is C12H14F2N2O2. The van der Waals surface area contributed by atoms with Gasteiger partial charge in [0.25, 0.3) is 5.91 Å². The van der Waals surface area contributed by atoms with Crippen LogP contribution in [-0.2, 0) is 9.53 Å². The number of carbonyl (C=O) groups is 1. The number of hydrogen-bond donors (Lipinski definition) is 2. The lowest BCUT2D eigenvalue weighted by Gasteiger charge is -2.21. The molecule has 1 aromatic carbocycles. The van der Waals surface area contributed by atoms with E-state index in [9.17, 15) is 13.6 Å². The molecule has 0 radical (unpaired) electrons. The molecule has 1 aromatic rings. The average Bonchev–Trinajstić information content (AvgIpc) is 2.37. The molecule has 1 atom stereocenters. The van der Waals surface area contributed by atoms with Crippen molar-refractivity contribution >= 4 is 17.3 Å². The van der Waals surface area contributed by atoms with E-state index in [-0.39, 0.29) is 11.4 Å². The molecule has 1 heterocycles. The van der Waals surface area contributed by atoms with Crippen LogP contribution in [0.5, 0.6) is 0 Å². The lowest BCUT2D eigenvalue weighted by Crippen LogP contribution is -2.33. The molecular weight excluding hydrogens is 242 g/mol. The van der Waals surface area contributed by atoms with Crippen molar-refractivity contribution in [2.75, 3.05) is 17.7 Å². The summed E-state index contributed by atoms with van der Waals surface area (Å²) in [7, 11) is 0. The quantitative estimate of drug-likeness (QED) is 0.796. The Morgan fingerprint density at radius 3 is 2.78 bits per heavy atom. The van der Waals surface area contributed by atoms with E-state index < -0.39 is 23.6 Å². The molecule has 4 nitrogen and oxygen atoms in total. The highest BCUT2D eigenvalue weighted by molar-refractivity contribution is 5.94. The Kier molecular flexibility index (Phi) is 3.76. The Bertz CT molecular complexity index is 460. The van der Waals surface area contributed by atoms with Gasteiger partial charge in [0.2, 0.25) is 0 Å². The number of amides is 1. The number of ether oxygens (including phenoxy) is 1. The van der Waals surface area contributed by atoms with E-state index in [1.165, 1.54) is 0 Å². The number of nitrogens with two attached hydrogens (primary N) is 1. The van der Waals surface area contributed by atoms with Crippen LogP contribution in [0.1, 0.15) is 19.3 Å². The topological polar surface area (TPSA) is 64.3 Å². The first kappa shape index (κ1) is 12.8. The summed E-state index contributed by atoms with van der Waals surface area (Å²) in [6.07, 6.45) is 1.84. The van der Waals surface area contributed by atoms with Crippen molar-refractivity contribution in [2.24, 2.45) is 0 Å². The Morgan fingerprint density at radius 1 is 1.33 bits per heavy atom. The lowest BCUT2D eigenvalue weighted by molar-refractivity contribution is -0.130. The molecule has 0 bridgehead atoms. The van der Waals surface area contributed by atoms with Crippen LogP contribution >= 0.6 is 0 Å². The van der Waals surface area contributed by atoms with Gasteiger partial charge >= 0.3 is 0 Å². The third-order valence-corrected chi connectivity index (χ3v) is 2.82. The number of halogens is 2. The van der Waals surface area contributed by atoms with Crippen LogP contribution in [0.2, 0.25) is 0 Å². The van der Waals surface area contributed by atoms with Gasteiger partial charge in [0.1, 0.15) is 17.7 Å². The number of benzene rings is 1. The second kappa shape index (κ2) is 5.30. The summed E-state index contributed by atoms with van der Waals surface area (Å²) in [5, 5.41) is 2.36. The molecule has 1 unspecified atom stereocenters. The molecule has 1 amide bonds. The molecule has 0 spiro atoms. The molecule has 1 aliphatic heterocycles. The van der Waals surface area contributed by atoms with Crippen molar-refractivity contribution in [1.82, 2.24) is 0 Å². The fourth-order valence-corrected chi connectivity index (χ4v) is 1.82. The Labute approximate surface area is 103 Å². The van der Waals surface area contributed by atoms with Crippen molar-refractivity contribution in [1.29, 1.82) is 0 Å². The van der Waals surface area contributed by atoms with Gasteiger partial charge in [0.15, 0.2) is 0 Å². The molecule has 0 aromatic heterocycles. The van der Waals surface area contributed by atoms with Crippen LogP contribution < -0.4 is 11.1 Å².